The molecular weight excluding hydrogens is 543 g/mol. The van der Waals surface area contributed by atoms with Crippen LogP contribution in [-0.2, 0) is 36.5 Å². The summed E-state index contributed by atoms with van der Waals surface area (Å²) in [7, 11) is 0. The third-order valence-electron chi connectivity index (χ3n) is 8.84. The molecule has 0 aliphatic heterocycles. The first kappa shape index (κ1) is 33.6. The van der Waals surface area contributed by atoms with Gasteiger partial charge < -0.3 is 5.73 Å². The van der Waals surface area contributed by atoms with Crippen LogP contribution in [0.15, 0.2) is 22.7 Å². The van der Waals surface area contributed by atoms with Crippen molar-refractivity contribution in [3.63, 3.8) is 0 Å². The molecule has 41 heavy (non-hydrogen) atoms. The monoisotopic (exact) mass is 595 g/mol. The van der Waals surface area contributed by atoms with Gasteiger partial charge in [0.05, 0.1) is 16.5 Å². The fourth-order valence-electron chi connectivity index (χ4n) is 6.27. The number of aryl methyl sites for hydroxylation is 1. The summed E-state index contributed by atoms with van der Waals surface area (Å²) in [4.78, 5) is 9.37. The topological polar surface area (TPSA) is 102 Å². The maximum Gasteiger partial charge on any atom is 0.114 e. The van der Waals surface area contributed by atoms with Gasteiger partial charge in [-0.25, -0.2) is 4.98 Å². The lowest BCUT2D eigenvalue weighted by molar-refractivity contribution is 0.487. The van der Waals surface area contributed by atoms with E-state index in [-0.39, 0.29) is 5.41 Å². The third-order valence-corrected chi connectivity index (χ3v) is 10.8. The van der Waals surface area contributed by atoms with E-state index in [0.29, 0.717) is 0 Å². The quantitative estimate of drug-likeness (QED) is 0.157. The van der Waals surface area contributed by atoms with E-state index in [2.05, 4.69) is 38.4 Å². The van der Waals surface area contributed by atoms with Gasteiger partial charge in [0.1, 0.15) is 10.4 Å². The molecule has 2 heterocycles. The Morgan fingerprint density at radius 2 is 1.73 bits per heavy atom. The molecule has 4 rings (SSSR count). The Morgan fingerprint density at radius 3 is 2.32 bits per heavy atom. The molecule has 7 heteroatoms. The van der Waals surface area contributed by atoms with Crippen LogP contribution in [0.4, 0.5) is 0 Å². The highest BCUT2D eigenvalue weighted by molar-refractivity contribution is 7.99. The lowest BCUT2D eigenvalue weighted by atomic mass is 9.87. The molecule has 2 aromatic heterocycles. The Balaban J connectivity index is 0.000000231. The van der Waals surface area contributed by atoms with Crippen LogP contribution in [0.1, 0.15) is 144 Å². The summed E-state index contributed by atoms with van der Waals surface area (Å²) < 4.78 is 0.976. The normalized spacial score (nSPS) is 16.3. The fourth-order valence-corrected chi connectivity index (χ4v) is 7.59. The van der Waals surface area contributed by atoms with Crippen LogP contribution < -0.4 is 10.9 Å². The van der Waals surface area contributed by atoms with Gasteiger partial charge in [-0.15, -0.1) is 11.3 Å². The van der Waals surface area contributed by atoms with Gasteiger partial charge in [-0.2, -0.15) is 5.26 Å². The highest BCUT2D eigenvalue weighted by Gasteiger charge is 2.35. The van der Waals surface area contributed by atoms with Crippen molar-refractivity contribution in [1.82, 2.24) is 9.97 Å². The minimum Gasteiger partial charge on any atom is -0.402 e. The van der Waals surface area contributed by atoms with E-state index in [9.17, 15) is 5.26 Å². The summed E-state index contributed by atoms with van der Waals surface area (Å²) in [5, 5.41) is 16.0. The first-order valence-electron chi connectivity index (χ1n) is 15.9. The highest BCUT2D eigenvalue weighted by atomic mass is 32.2. The number of fused-ring (bicyclic) bond motifs is 2. The standard InChI is InChI=1S/C18H31N3S2.C16H22N2/c1-3-4-5-6-7-8-9-10-11-12-13-18(2,15-19)17-21-14-16(22-17)23-20;1-10(17)9-13-11-5-4-6-14(11)18-15-12(13)7-8-16(15,2)3/h14H,3-13,20H2,1-2H3;1,4-9,17H2,2-3H3. The second-order valence-corrected chi connectivity index (χ2v) is 14.9. The van der Waals surface area contributed by atoms with Crippen LogP contribution in [0.3, 0.4) is 0 Å². The smallest absolute Gasteiger partial charge is 0.114 e. The van der Waals surface area contributed by atoms with Gasteiger partial charge in [-0.3, -0.25) is 10.1 Å². The summed E-state index contributed by atoms with van der Waals surface area (Å²) in [5.41, 5.74) is 13.5. The molecule has 226 valence electrons. The van der Waals surface area contributed by atoms with Gasteiger partial charge in [0.25, 0.3) is 0 Å². The van der Waals surface area contributed by atoms with E-state index in [0.717, 1.165) is 47.0 Å². The zero-order valence-corrected chi connectivity index (χ0v) is 27.8. The molecule has 0 spiro atoms. The van der Waals surface area contributed by atoms with Crippen molar-refractivity contribution >= 4 is 23.3 Å². The van der Waals surface area contributed by atoms with Gasteiger partial charge in [0, 0.05) is 28.9 Å². The number of pyridine rings is 1. The SMILES string of the molecule is C=C(N)Cc1c2c(nc3c1CCC3(C)C)CCC2.CCCCCCCCCCCCC(C)(C#N)c1ncc(SN)s1. The summed E-state index contributed by atoms with van der Waals surface area (Å²) >= 11 is 2.76. The van der Waals surface area contributed by atoms with Gasteiger partial charge in [0.2, 0.25) is 0 Å². The molecule has 0 saturated carbocycles. The molecule has 1 unspecified atom stereocenters. The van der Waals surface area contributed by atoms with E-state index in [4.69, 9.17) is 15.9 Å². The molecule has 2 aromatic rings. The van der Waals surface area contributed by atoms with Crippen molar-refractivity contribution in [2.75, 3.05) is 0 Å². The van der Waals surface area contributed by atoms with Crippen LogP contribution in [0.2, 0.25) is 0 Å². The van der Waals surface area contributed by atoms with Crippen LogP contribution in [0.5, 0.6) is 0 Å². The van der Waals surface area contributed by atoms with Gasteiger partial charge in [0.15, 0.2) is 0 Å². The van der Waals surface area contributed by atoms with Crippen LogP contribution in [-0.4, -0.2) is 9.97 Å². The Morgan fingerprint density at radius 1 is 1.07 bits per heavy atom. The van der Waals surface area contributed by atoms with E-state index >= 15 is 0 Å². The predicted octanol–water partition coefficient (Wildman–Crippen LogP) is 9.01. The van der Waals surface area contributed by atoms with Gasteiger partial charge in [-0.1, -0.05) is 91.6 Å². The van der Waals surface area contributed by atoms with Crippen molar-refractivity contribution in [2.24, 2.45) is 10.9 Å². The maximum atomic E-state index is 9.54. The van der Waals surface area contributed by atoms with E-state index in [1.807, 2.05) is 6.92 Å². The van der Waals surface area contributed by atoms with Gasteiger partial charge in [-0.05, 0) is 74.1 Å². The van der Waals surface area contributed by atoms with Crippen LogP contribution >= 0.6 is 23.3 Å². The largest absolute Gasteiger partial charge is 0.402 e. The van der Waals surface area contributed by atoms with Crippen molar-refractivity contribution in [3.8, 4) is 6.07 Å². The average Bonchev–Trinajstić information content (AvgIpc) is 3.69. The highest BCUT2D eigenvalue weighted by Crippen LogP contribution is 2.42. The lowest BCUT2D eigenvalue weighted by Gasteiger charge is -2.20. The molecule has 1 atom stereocenters. The lowest BCUT2D eigenvalue weighted by Crippen LogP contribution is -2.19. The molecule has 0 saturated heterocycles. The number of nitrogens with two attached hydrogens (primary N) is 2. The second kappa shape index (κ2) is 16.1. The molecule has 0 amide bonds. The van der Waals surface area contributed by atoms with E-state index < -0.39 is 5.41 Å². The molecule has 2 aliphatic carbocycles. The number of nitriles is 1. The number of rotatable bonds is 15. The second-order valence-electron chi connectivity index (χ2n) is 12.9. The Labute approximate surface area is 258 Å². The number of hydrogen-bond acceptors (Lipinski definition) is 7. The summed E-state index contributed by atoms with van der Waals surface area (Å²) in [6, 6.07) is 2.46. The minimum atomic E-state index is -0.460. The zero-order chi connectivity index (χ0) is 29.9. The number of aromatic nitrogens is 2. The number of unbranched alkanes of at least 4 members (excludes halogenated alkanes) is 9. The van der Waals surface area contributed by atoms with E-state index in [1.165, 1.54) is 117 Å². The molecule has 2 aliphatic rings. The van der Waals surface area contributed by atoms with Crippen molar-refractivity contribution in [3.05, 3.63) is 51.6 Å². The first-order chi connectivity index (χ1) is 19.6. The molecular formula is C34H53N5S2. The predicted molar refractivity (Wildman–Crippen MR) is 176 cm³/mol. The molecule has 0 bridgehead atoms. The Bertz CT molecular complexity index is 1180. The summed E-state index contributed by atoms with van der Waals surface area (Å²) in [5.74, 6) is 0. The van der Waals surface area contributed by atoms with Crippen molar-refractivity contribution in [2.45, 2.75) is 152 Å². The van der Waals surface area contributed by atoms with Crippen molar-refractivity contribution < 1.29 is 0 Å². The van der Waals surface area contributed by atoms with E-state index in [1.54, 1.807) is 17.5 Å². The third kappa shape index (κ3) is 9.30. The number of thiazole rings is 1. The van der Waals surface area contributed by atoms with Gasteiger partial charge >= 0.3 is 0 Å². The Hall–Kier alpha value is -1.88. The maximum absolute atomic E-state index is 9.54. The number of allylic oxidation sites excluding steroid dienone is 1. The van der Waals surface area contributed by atoms with Crippen LogP contribution in [0.25, 0.3) is 0 Å². The minimum absolute atomic E-state index is 0.234. The fraction of sp³-hybridized carbons (Fsp3) is 0.676. The summed E-state index contributed by atoms with van der Waals surface area (Å²) in [6.07, 6.45) is 22.6. The number of nitrogens with zero attached hydrogens (tertiary/aromatic N) is 3. The molecule has 0 aromatic carbocycles. The first-order valence-corrected chi connectivity index (χ1v) is 17.6. The molecule has 0 radical (unpaired) electrons. The summed E-state index contributed by atoms with van der Waals surface area (Å²) in [6.45, 7) is 12.8. The average molecular weight is 596 g/mol. The molecule has 4 N–H and O–H groups in total. The molecule has 5 nitrogen and oxygen atoms in total. The molecule has 0 fully saturated rings. The van der Waals surface area contributed by atoms with Crippen LogP contribution in [0, 0.1) is 11.3 Å². The number of hydrogen-bond donors (Lipinski definition) is 2. The zero-order valence-electron chi connectivity index (χ0n) is 26.1. The Kier molecular flexibility index (Phi) is 13.2. The van der Waals surface area contributed by atoms with Crippen molar-refractivity contribution in [1.29, 1.82) is 5.26 Å².